The molecule has 124 valence electrons. The Kier molecular flexibility index (Phi) is 5.51. The molecule has 0 heterocycles. The second-order valence-corrected chi connectivity index (χ2v) is 5.06. The van der Waals surface area contributed by atoms with Gasteiger partial charge < -0.3 is 20.8 Å². The zero-order valence-corrected chi connectivity index (χ0v) is 12.6. The van der Waals surface area contributed by atoms with Gasteiger partial charge in [-0.15, -0.1) is 0 Å². The van der Waals surface area contributed by atoms with Crippen molar-refractivity contribution < 1.29 is 24.6 Å². The van der Waals surface area contributed by atoms with Gasteiger partial charge in [0.1, 0.15) is 6.04 Å². The minimum Gasteiger partial charge on any atom is -0.480 e. The molecule has 0 radical (unpaired) electrons. The molecular weight excluding hydrogens is 312 g/mol. The van der Waals surface area contributed by atoms with Crippen molar-refractivity contribution in [2.24, 2.45) is 0 Å². The first-order valence-electron chi connectivity index (χ1n) is 7.13. The van der Waals surface area contributed by atoms with Crippen molar-refractivity contribution in [2.75, 3.05) is 5.32 Å². The van der Waals surface area contributed by atoms with Gasteiger partial charge in [0.05, 0.1) is 5.56 Å². The van der Waals surface area contributed by atoms with Crippen molar-refractivity contribution in [1.29, 1.82) is 0 Å². The number of hydrogen-bond acceptors (Lipinski definition) is 3. The zero-order chi connectivity index (χ0) is 17.5. The Bertz CT molecular complexity index is 746. The molecule has 7 nitrogen and oxygen atoms in total. The van der Waals surface area contributed by atoms with E-state index >= 15 is 0 Å². The normalized spacial score (nSPS) is 11.3. The quantitative estimate of drug-likeness (QED) is 0.649. The third-order valence-electron chi connectivity index (χ3n) is 3.25. The Balaban J connectivity index is 2.02. The lowest BCUT2D eigenvalue weighted by molar-refractivity contribution is -0.139. The number of aliphatic carboxylic acids is 1. The molecule has 2 rings (SSSR count). The number of benzene rings is 2. The van der Waals surface area contributed by atoms with E-state index in [2.05, 4.69) is 10.6 Å². The van der Waals surface area contributed by atoms with Crippen molar-refractivity contribution >= 4 is 23.7 Å². The molecule has 2 amide bonds. The molecule has 7 heteroatoms. The van der Waals surface area contributed by atoms with Crippen molar-refractivity contribution in [3.8, 4) is 0 Å². The van der Waals surface area contributed by atoms with Gasteiger partial charge in [-0.1, -0.05) is 36.4 Å². The largest absolute Gasteiger partial charge is 0.480 e. The molecular formula is C17H16N2O5. The summed E-state index contributed by atoms with van der Waals surface area (Å²) in [5, 5.41) is 23.0. The molecule has 0 aliphatic rings. The van der Waals surface area contributed by atoms with Crippen LogP contribution < -0.4 is 10.6 Å². The Morgan fingerprint density at radius 1 is 0.958 bits per heavy atom. The topological polar surface area (TPSA) is 116 Å². The van der Waals surface area contributed by atoms with Crippen molar-refractivity contribution in [2.45, 2.75) is 12.5 Å². The molecule has 24 heavy (non-hydrogen) atoms. The molecule has 4 N–H and O–H groups in total. The number of rotatable bonds is 6. The van der Waals surface area contributed by atoms with Gasteiger partial charge in [0.25, 0.3) is 0 Å². The van der Waals surface area contributed by atoms with Crippen LogP contribution in [0, 0.1) is 0 Å². The molecule has 0 aliphatic heterocycles. The predicted molar refractivity (Wildman–Crippen MR) is 87.1 cm³/mol. The lowest BCUT2D eigenvalue weighted by Gasteiger charge is -2.15. The van der Waals surface area contributed by atoms with Crippen LogP contribution >= 0.6 is 0 Å². The average molecular weight is 328 g/mol. The fourth-order valence-electron chi connectivity index (χ4n) is 2.11. The highest BCUT2D eigenvalue weighted by Gasteiger charge is 2.20. The summed E-state index contributed by atoms with van der Waals surface area (Å²) in [6.07, 6.45) is 0.138. The SMILES string of the molecule is O=C(Nc1cccc(C(=O)O)c1)N[C@@H](Cc1ccccc1)C(=O)O. The summed E-state index contributed by atoms with van der Waals surface area (Å²) in [4.78, 5) is 34.2. The summed E-state index contributed by atoms with van der Waals surface area (Å²) >= 11 is 0. The Labute approximate surface area is 137 Å². The summed E-state index contributed by atoms with van der Waals surface area (Å²) in [5.41, 5.74) is 1.06. The molecule has 0 saturated carbocycles. The first-order chi connectivity index (χ1) is 11.5. The summed E-state index contributed by atoms with van der Waals surface area (Å²) in [6, 6.07) is 12.8. The van der Waals surface area contributed by atoms with Gasteiger partial charge in [0, 0.05) is 12.1 Å². The van der Waals surface area contributed by atoms with E-state index in [1.54, 1.807) is 24.3 Å². The standard InChI is InChI=1S/C17H16N2O5/c20-15(21)12-7-4-8-13(10-12)18-17(24)19-14(16(22)23)9-11-5-2-1-3-6-11/h1-8,10,14H,9H2,(H,20,21)(H,22,23)(H2,18,19,24)/t14-/m0/s1. The molecule has 2 aromatic carbocycles. The maximum atomic E-state index is 12.0. The highest BCUT2D eigenvalue weighted by molar-refractivity contribution is 5.94. The number of carboxylic acids is 2. The van der Waals surface area contributed by atoms with Gasteiger partial charge in [0.15, 0.2) is 0 Å². The van der Waals surface area contributed by atoms with E-state index in [1.807, 2.05) is 6.07 Å². The highest BCUT2D eigenvalue weighted by Crippen LogP contribution is 2.11. The van der Waals surface area contributed by atoms with Crippen LogP contribution in [0.3, 0.4) is 0 Å². The van der Waals surface area contributed by atoms with E-state index in [4.69, 9.17) is 5.11 Å². The minimum atomic E-state index is -1.16. The van der Waals surface area contributed by atoms with Gasteiger partial charge >= 0.3 is 18.0 Å². The number of anilines is 1. The average Bonchev–Trinajstić information content (AvgIpc) is 2.55. The van der Waals surface area contributed by atoms with E-state index < -0.39 is 24.0 Å². The fourth-order valence-corrected chi connectivity index (χ4v) is 2.11. The number of hydrogen-bond donors (Lipinski definition) is 4. The summed E-state index contributed by atoms with van der Waals surface area (Å²) in [6.45, 7) is 0. The number of carbonyl (C=O) groups is 3. The molecule has 0 fully saturated rings. The number of carboxylic acid groups (broad SMARTS) is 2. The number of urea groups is 1. The Morgan fingerprint density at radius 3 is 2.29 bits per heavy atom. The van der Waals surface area contributed by atoms with Crippen LogP contribution in [0.4, 0.5) is 10.5 Å². The molecule has 1 atom stereocenters. The maximum Gasteiger partial charge on any atom is 0.335 e. The molecule has 0 saturated heterocycles. The van der Waals surface area contributed by atoms with Crippen LogP contribution in [0.1, 0.15) is 15.9 Å². The molecule has 2 aromatic rings. The van der Waals surface area contributed by atoms with Crippen LogP contribution in [-0.4, -0.2) is 34.2 Å². The van der Waals surface area contributed by atoms with Gasteiger partial charge in [-0.05, 0) is 23.8 Å². The van der Waals surface area contributed by atoms with Crippen LogP contribution in [0.15, 0.2) is 54.6 Å². The Morgan fingerprint density at radius 2 is 1.67 bits per heavy atom. The molecule has 0 bridgehead atoms. The van der Waals surface area contributed by atoms with Crippen molar-refractivity contribution in [1.82, 2.24) is 5.32 Å². The Hall–Kier alpha value is -3.35. The monoisotopic (exact) mass is 328 g/mol. The van der Waals surface area contributed by atoms with E-state index in [1.165, 1.54) is 24.3 Å². The van der Waals surface area contributed by atoms with Crippen LogP contribution in [0.2, 0.25) is 0 Å². The summed E-state index contributed by atoms with van der Waals surface area (Å²) in [5.74, 6) is -2.28. The lowest BCUT2D eigenvalue weighted by Crippen LogP contribution is -2.44. The third-order valence-corrected chi connectivity index (χ3v) is 3.25. The minimum absolute atomic E-state index is 0.0203. The number of nitrogens with one attached hydrogen (secondary N) is 2. The smallest absolute Gasteiger partial charge is 0.335 e. The van der Waals surface area contributed by atoms with Gasteiger partial charge in [-0.25, -0.2) is 14.4 Å². The first-order valence-corrected chi connectivity index (χ1v) is 7.13. The maximum absolute atomic E-state index is 12.0. The van der Waals surface area contributed by atoms with E-state index in [-0.39, 0.29) is 17.7 Å². The first kappa shape index (κ1) is 17.0. The summed E-state index contributed by atoms with van der Waals surface area (Å²) in [7, 11) is 0. The molecule has 0 unspecified atom stereocenters. The van der Waals surface area contributed by atoms with Crippen LogP contribution in [0.25, 0.3) is 0 Å². The van der Waals surface area contributed by atoms with Gasteiger partial charge in [-0.2, -0.15) is 0 Å². The molecule has 0 spiro atoms. The van der Waals surface area contributed by atoms with E-state index in [9.17, 15) is 19.5 Å². The second-order valence-electron chi connectivity index (χ2n) is 5.06. The molecule has 0 aliphatic carbocycles. The fraction of sp³-hybridized carbons (Fsp3) is 0.118. The number of amides is 2. The zero-order valence-electron chi connectivity index (χ0n) is 12.6. The highest BCUT2D eigenvalue weighted by atomic mass is 16.4. The van der Waals surface area contributed by atoms with Crippen molar-refractivity contribution in [3.63, 3.8) is 0 Å². The van der Waals surface area contributed by atoms with Gasteiger partial charge in [-0.3, -0.25) is 0 Å². The van der Waals surface area contributed by atoms with Gasteiger partial charge in [0.2, 0.25) is 0 Å². The third kappa shape index (κ3) is 4.84. The van der Waals surface area contributed by atoms with E-state index in [0.717, 1.165) is 5.56 Å². The number of aromatic carboxylic acids is 1. The molecule has 0 aromatic heterocycles. The predicted octanol–water partition coefficient (Wildman–Crippen LogP) is 2.20. The number of carbonyl (C=O) groups excluding carboxylic acids is 1. The van der Waals surface area contributed by atoms with Crippen LogP contribution in [0.5, 0.6) is 0 Å². The van der Waals surface area contributed by atoms with Crippen LogP contribution in [-0.2, 0) is 11.2 Å². The lowest BCUT2D eigenvalue weighted by atomic mass is 10.1. The van der Waals surface area contributed by atoms with E-state index in [0.29, 0.717) is 0 Å². The summed E-state index contributed by atoms with van der Waals surface area (Å²) < 4.78 is 0. The second kappa shape index (κ2) is 7.77. The van der Waals surface area contributed by atoms with Crippen molar-refractivity contribution in [3.05, 3.63) is 65.7 Å².